The van der Waals surface area contributed by atoms with Crippen molar-refractivity contribution in [2.45, 2.75) is 12.8 Å². The number of hydrogen-bond donors (Lipinski definition) is 1. The van der Waals surface area contributed by atoms with Crippen molar-refractivity contribution in [3.63, 3.8) is 0 Å². The number of aliphatic imine (C=N–C) groups is 1. The first kappa shape index (κ1) is 12.4. The summed E-state index contributed by atoms with van der Waals surface area (Å²) < 4.78 is 2.17. The lowest BCUT2D eigenvalue weighted by molar-refractivity contribution is 0.383. The molecule has 2 heterocycles. The summed E-state index contributed by atoms with van der Waals surface area (Å²) in [6.45, 7) is 3.26. The monoisotopic (exact) mass is 255 g/mol. The third-order valence-electron chi connectivity index (χ3n) is 3.98. The molecule has 0 aliphatic carbocycles. The zero-order valence-corrected chi connectivity index (χ0v) is 11.5. The van der Waals surface area contributed by atoms with Gasteiger partial charge >= 0.3 is 0 Å². The molecule has 3 nitrogen and oxygen atoms in total. The van der Waals surface area contributed by atoms with E-state index in [9.17, 15) is 0 Å². The van der Waals surface area contributed by atoms with Gasteiger partial charge in [0.05, 0.1) is 0 Å². The van der Waals surface area contributed by atoms with E-state index in [1.807, 2.05) is 6.21 Å². The Morgan fingerprint density at radius 2 is 2.11 bits per heavy atom. The maximum absolute atomic E-state index is 4.66. The molecule has 2 aromatic rings. The van der Waals surface area contributed by atoms with Gasteiger partial charge in [-0.05, 0) is 37.9 Å². The molecule has 0 atom stereocenters. The molecule has 1 aromatic heterocycles. The zero-order chi connectivity index (χ0) is 13.1. The average molecular weight is 255 g/mol. The van der Waals surface area contributed by atoms with Crippen LogP contribution in [0.15, 0.2) is 35.5 Å². The lowest BCUT2D eigenvalue weighted by Gasteiger charge is -2.20. The van der Waals surface area contributed by atoms with Crippen LogP contribution in [0.4, 0.5) is 0 Å². The van der Waals surface area contributed by atoms with Crippen LogP contribution in [0.2, 0.25) is 0 Å². The van der Waals surface area contributed by atoms with Crippen LogP contribution < -0.4 is 5.32 Å². The second-order valence-corrected chi connectivity index (χ2v) is 5.40. The molecule has 3 rings (SSSR count). The molecule has 0 bridgehead atoms. The molecule has 3 heteroatoms. The molecule has 0 saturated carbocycles. The van der Waals surface area contributed by atoms with Gasteiger partial charge in [-0.3, -0.25) is 4.99 Å². The Bertz CT molecular complexity index is 577. The van der Waals surface area contributed by atoms with Gasteiger partial charge in [-0.15, -0.1) is 0 Å². The van der Waals surface area contributed by atoms with E-state index in [4.69, 9.17) is 0 Å². The van der Waals surface area contributed by atoms with Crippen LogP contribution in [0.5, 0.6) is 0 Å². The number of aryl methyl sites for hydroxylation is 1. The predicted molar refractivity (Wildman–Crippen MR) is 81.0 cm³/mol. The van der Waals surface area contributed by atoms with Crippen molar-refractivity contribution in [3.8, 4) is 0 Å². The molecule has 0 radical (unpaired) electrons. The molecular weight excluding hydrogens is 234 g/mol. The van der Waals surface area contributed by atoms with Crippen LogP contribution in [-0.4, -0.2) is 30.4 Å². The van der Waals surface area contributed by atoms with Gasteiger partial charge in [0.2, 0.25) is 0 Å². The topological polar surface area (TPSA) is 29.3 Å². The summed E-state index contributed by atoms with van der Waals surface area (Å²) >= 11 is 0. The molecule has 1 aromatic carbocycles. The van der Waals surface area contributed by atoms with Gasteiger partial charge < -0.3 is 9.88 Å². The maximum atomic E-state index is 4.66. The molecule has 0 unspecified atom stereocenters. The van der Waals surface area contributed by atoms with E-state index in [2.05, 4.69) is 52.4 Å². The van der Waals surface area contributed by atoms with Crippen LogP contribution >= 0.6 is 0 Å². The van der Waals surface area contributed by atoms with Gasteiger partial charge in [0.1, 0.15) is 0 Å². The normalized spacial score (nSPS) is 17.5. The van der Waals surface area contributed by atoms with E-state index < -0.39 is 0 Å². The highest BCUT2D eigenvalue weighted by molar-refractivity contribution is 5.99. The van der Waals surface area contributed by atoms with Crippen molar-refractivity contribution < 1.29 is 0 Å². The average Bonchev–Trinajstić information content (AvgIpc) is 2.78. The number of piperidine rings is 1. The standard InChI is InChI=1S/C16H21N3/c1-19-12-14(15-4-2-3-5-16(15)19)11-18-10-13-6-8-17-9-7-13/h2-5,11-13,17H,6-10H2,1H3. The number of fused-ring (bicyclic) bond motifs is 1. The number of nitrogens with one attached hydrogen (secondary N) is 1. The summed E-state index contributed by atoms with van der Waals surface area (Å²) in [5.74, 6) is 0.757. The molecule has 0 spiro atoms. The van der Waals surface area contributed by atoms with Crippen LogP contribution in [0.3, 0.4) is 0 Å². The van der Waals surface area contributed by atoms with E-state index in [0.29, 0.717) is 0 Å². The number of aromatic nitrogens is 1. The van der Waals surface area contributed by atoms with E-state index in [0.717, 1.165) is 25.6 Å². The smallest absolute Gasteiger partial charge is 0.0484 e. The summed E-state index contributed by atoms with van der Waals surface area (Å²) in [6.07, 6.45) is 6.72. The van der Waals surface area contributed by atoms with Gasteiger partial charge in [0.25, 0.3) is 0 Å². The van der Waals surface area contributed by atoms with Crippen LogP contribution in [0, 0.1) is 5.92 Å². The molecule has 1 N–H and O–H groups in total. The summed E-state index contributed by atoms with van der Waals surface area (Å²) in [6, 6.07) is 8.49. The summed E-state index contributed by atoms with van der Waals surface area (Å²) in [4.78, 5) is 4.66. The minimum Gasteiger partial charge on any atom is -0.350 e. The lowest BCUT2D eigenvalue weighted by Crippen LogP contribution is -2.28. The molecule has 1 fully saturated rings. The molecular formula is C16H21N3. The predicted octanol–water partition coefficient (Wildman–Crippen LogP) is 2.60. The largest absolute Gasteiger partial charge is 0.350 e. The van der Waals surface area contributed by atoms with Crippen LogP contribution in [0.1, 0.15) is 18.4 Å². The SMILES string of the molecule is Cn1cc(C=NCC2CCNCC2)c2ccccc21. The molecule has 1 saturated heterocycles. The van der Waals surface area contributed by atoms with E-state index in [1.165, 1.54) is 29.3 Å². The van der Waals surface area contributed by atoms with Crippen molar-refractivity contribution in [1.82, 2.24) is 9.88 Å². The molecule has 0 amide bonds. The third-order valence-corrected chi connectivity index (χ3v) is 3.98. The van der Waals surface area contributed by atoms with Crippen molar-refractivity contribution in [2.75, 3.05) is 19.6 Å². The quantitative estimate of drug-likeness (QED) is 0.839. The minimum atomic E-state index is 0.757. The van der Waals surface area contributed by atoms with Gasteiger partial charge in [-0.2, -0.15) is 0 Å². The van der Waals surface area contributed by atoms with E-state index in [1.54, 1.807) is 0 Å². The number of para-hydroxylation sites is 1. The second-order valence-electron chi connectivity index (χ2n) is 5.40. The Hall–Kier alpha value is -1.61. The lowest BCUT2D eigenvalue weighted by atomic mass is 9.98. The van der Waals surface area contributed by atoms with Crippen molar-refractivity contribution in [2.24, 2.45) is 18.0 Å². The number of benzene rings is 1. The molecule has 1 aliphatic heterocycles. The molecule has 19 heavy (non-hydrogen) atoms. The first-order chi connectivity index (χ1) is 9.34. The maximum Gasteiger partial charge on any atom is 0.0484 e. The highest BCUT2D eigenvalue weighted by atomic mass is 14.9. The van der Waals surface area contributed by atoms with Crippen LogP contribution in [0.25, 0.3) is 10.9 Å². The van der Waals surface area contributed by atoms with E-state index >= 15 is 0 Å². The van der Waals surface area contributed by atoms with Gasteiger partial charge in [-0.25, -0.2) is 0 Å². The van der Waals surface area contributed by atoms with Gasteiger partial charge in [0.15, 0.2) is 0 Å². The minimum absolute atomic E-state index is 0.757. The fraction of sp³-hybridized carbons (Fsp3) is 0.438. The van der Waals surface area contributed by atoms with Crippen molar-refractivity contribution >= 4 is 17.1 Å². The first-order valence-electron chi connectivity index (χ1n) is 7.09. The zero-order valence-electron chi connectivity index (χ0n) is 11.5. The first-order valence-corrected chi connectivity index (χ1v) is 7.09. The Kier molecular flexibility index (Phi) is 3.65. The molecule has 100 valence electrons. The van der Waals surface area contributed by atoms with Crippen LogP contribution in [-0.2, 0) is 7.05 Å². The number of rotatable bonds is 3. The van der Waals surface area contributed by atoms with Crippen molar-refractivity contribution in [3.05, 3.63) is 36.0 Å². The number of hydrogen-bond acceptors (Lipinski definition) is 2. The third kappa shape index (κ3) is 2.71. The highest BCUT2D eigenvalue weighted by Crippen LogP contribution is 2.19. The van der Waals surface area contributed by atoms with Crippen molar-refractivity contribution in [1.29, 1.82) is 0 Å². The highest BCUT2D eigenvalue weighted by Gasteiger charge is 2.11. The van der Waals surface area contributed by atoms with Gasteiger partial charge in [-0.1, -0.05) is 18.2 Å². The number of nitrogens with zero attached hydrogens (tertiary/aromatic N) is 2. The van der Waals surface area contributed by atoms with E-state index in [-0.39, 0.29) is 0 Å². The Labute approximate surface area is 114 Å². The summed E-state index contributed by atoms with van der Waals surface area (Å²) in [5.41, 5.74) is 2.50. The Morgan fingerprint density at radius 3 is 2.95 bits per heavy atom. The van der Waals surface area contributed by atoms with Gasteiger partial charge in [0, 0.05) is 42.5 Å². The summed E-state index contributed by atoms with van der Waals surface area (Å²) in [7, 11) is 2.09. The fourth-order valence-corrected chi connectivity index (χ4v) is 2.84. The fourth-order valence-electron chi connectivity index (χ4n) is 2.84. The Balaban J connectivity index is 1.74. The molecule has 1 aliphatic rings. The second kappa shape index (κ2) is 5.57. The Morgan fingerprint density at radius 1 is 1.32 bits per heavy atom. The summed E-state index contributed by atoms with van der Waals surface area (Å²) in [5, 5.41) is 4.69.